The van der Waals surface area contributed by atoms with Gasteiger partial charge in [0, 0.05) is 13.4 Å². The van der Waals surface area contributed by atoms with E-state index in [0.29, 0.717) is 10.8 Å². The third-order valence-corrected chi connectivity index (χ3v) is 4.77. The summed E-state index contributed by atoms with van der Waals surface area (Å²) in [5.41, 5.74) is 6.54. The quantitative estimate of drug-likeness (QED) is 0.644. The molecule has 1 aromatic carbocycles. The summed E-state index contributed by atoms with van der Waals surface area (Å²) in [6.07, 6.45) is 0. The average molecular weight is 487 g/mol. The number of nitrogens with two attached hydrogens (primary N) is 1. The lowest BCUT2D eigenvalue weighted by Crippen LogP contribution is -2.06. The predicted molar refractivity (Wildman–Crippen MR) is 87.2 cm³/mol. The summed E-state index contributed by atoms with van der Waals surface area (Å²) in [5, 5.41) is 16.9. The van der Waals surface area contributed by atoms with Crippen LogP contribution in [0.25, 0.3) is 5.69 Å². The van der Waals surface area contributed by atoms with Gasteiger partial charge in [-0.25, -0.2) is 0 Å². The molecule has 0 aliphatic heterocycles. The number of rotatable bonds is 4. The molecule has 20 heavy (non-hydrogen) atoms. The van der Waals surface area contributed by atoms with Crippen molar-refractivity contribution in [1.82, 2.24) is 14.8 Å². The van der Waals surface area contributed by atoms with Gasteiger partial charge in [0.2, 0.25) is 5.95 Å². The maximum Gasteiger partial charge on any atom is 0.313 e. The Morgan fingerprint density at radius 1 is 1.30 bits per heavy atom. The molecule has 0 amide bonds. The minimum absolute atomic E-state index is 0.121. The second-order valence-electron chi connectivity index (χ2n) is 3.58. The molecular formula is C10H7Br3N4O2S. The number of hydrogen-bond donors (Lipinski definition) is 2. The molecule has 1 heterocycles. The molecule has 3 N–H and O–H groups in total. The van der Waals surface area contributed by atoms with Crippen LogP contribution < -0.4 is 5.73 Å². The van der Waals surface area contributed by atoms with Crippen molar-refractivity contribution in [2.75, 3.05) is 11.5 Å². The monoisotopic (exact) mass is 484 g/mol. The highest BCUT2D eigenvalue weighted by molar-refractivity contribution is 9.11. The summed E-state index contributed by atoms with van der Waals surface area (Å²) in [4.78, 5) is 10.7. The Kier molecular flexibility index (Phi) is 5.10. The molecule has 2 aromatic rings. The minimum atomic E-state index is -0.933. The Bertz CT molecular complexity index is 654. The van der Waals surface area contributed by atoms with E-state index >= 15 is 0 Å². The van der Waals surface area contributed by atoms with Gasteiger partial charge in [0.1, 0.15) is 0 Å². The summed E-state index contributed by atoms with van der Waals surface area (Å²) in [6.45, 7) is 0. The molecule has 106 valence electrons. The van der Waals surface area contributed by atoms with E-state index in [0.717, 1.165) is 25.2 Å². The van der Waals surface area contributed by atoms with E-state index in [-0.39, 0.29) is 11.7 Å². The summed E-state index contributed by atoms with van der Waals surface area (Å²) in [5.74, 6) is -0.872. The van der Waals surface area contributed by atoms with Crippen LogP contribution in [0.15, 0.2) is 30.7 Å². The van der Waals surface area contributed by atoms with Crippen LogP contribution in [0.4, 0.5) is 5.95 Å². The lowest BCUT2D eigenvalue weighted by Gasteiger charge is -2.12. The number of nitrogens with zero attached hydrogens (tertiary/aromatic N) is 3. The van der Waals surface area contributed by atoms with Gasteiger partial charge in [-0.3, -0.25) is 9.36 Å². The van der Waals surface area contributed by atoms with Crippen molar-refractivity contribution >= 4 is 71.5 Å². The number of hydrogen-bond acceptors (Lipinski definition) is 5. The van der Waals surface area contributed by atoms with Crippen LogP contribution >= 0.6 is 59.6 Å². The van der Waals surface area contributed by atoms with Crippen LogP contribution in [0.1, 0.15) is 0 Å². The van der Waals surface area contributed by atoms with E-state index in [1.807, 2.05) is 12.1 Å². The van der Waals surface area contributed by atoms with Gasteiger partial charge in [-0.15, -0.1) is 10.2 Å². The number of carboxylic acid groups (broad SMARTS) is 1. The zero-order valence-electron chi connectivity index (χ0n) is 9.68. The van der Waals surface area contributed by atoms with E-state index in [1.165, 1.54) is 0 Å². The molecule has 0 fully saturated rings. The number of carboxylic acids is 1. The van der Waals surface area contributed by atoms with E-state index < -0.39 is 5.97 Å². The number of benzene rings is 1. The fraction of sp³-hybridized carbons (Fsp3) is 0.100. The van der Waals surface area contributed by atoms with Crippen LogP contribution in [-0.4, -0.2) is 31.6 Å². The van der Waals surface area contributed by atoms with Crippen LogP contribution in [0.2, 0.25) is 0 Å². The van der Waals surface area contributed by atoms with Crippen LogP contribution in [-0.2, 0) is 4.79 Å². The first-order valence-corrected chi connectivity index (χ1v) is 8.47. The van der Waals surface area contributed by atoms with Gasteiger partial charge in [0.05, 0.1) is 11.4 Å². The minimum Gasteiger partial charge on any atom is -0.481 e. The highest BCUT2D eigenvalue weighted by atomic mass is 79.9. The van der Waals surface area contributed by atoms with E-state index in [9.17, 15) is 4.79 Å². The Hall–Kier alpha value is -0.580. The zero-order chi connectivity index (χ0) is 14.9. The van der Waals surface area contributed by atoms with Crippen molar-refractivity contribution in [2.24, 2.45) is 0 Å². The first-order chi connectivity index (χ1) is 9.40. The van der Waals surface area contributed by atoms with Gasteiger partial charge in [-0.2, -0.15) is 0 Å². The van der Waals surface area contributed by atoms with Gasteiger partial charge in [0.25, 0.3) is 0 Å². The summed E-state index contributed by atoms with van der Waals surface area (Å²) < 4.78 is 4.00. The standard InChI is InChI=1S/C10H7Br3N4O2S/c11-4-1-5(12)8(6(13)2-4)17-9(14)15-16-10(17)20-3-7(18)19/h1-2H,3H2,(H2,14,15)(H,18,19). The van der Waals surface area contributed by atoms with Gasteiger partial charge in [-0.1, -0.05) is 27.7 Å². The highest BCUT2D eigenvalue weighted by Gasteiger charge is 2.18. The van der Waals surface area contributed by atoms with E-state index in [1.54, 1.807) is 4.57 Å². The lowest BCUT2D eigenvalue weighted by molar-refractivity contribution is -0.133. The van der Waals surface area contributed by atoms with Crippen molar-refractivity contribution in [3.8, 4) is 5.69 Å². The number of halogens is 3. The summed E-state index contributed by atoms with van der Waals surface area (Å²) in [6, 6.07) is 3.70. The van der Waals surface area contributed by atoms with Crippen molar-refractivity contribution in [3.05, 3.63) is 25.6 Å². The topological polar surface area (TPSA) is 94.0 Å². The van der Waals surface area contributed by atoms with Gasteiger partial charge < -0.3 is 10.8 Å². The molecule has 0 saturated heterocycles. The maximum atomic E-state index is 10.7. The molecule has 0 atom stereocenters. The molecule has 2 rings (SSSR count). The van der Waals surface area contributed by atoms with Crippen molar-refractivity contribution < 1.29 is 9.90 Å². The smallest absolute Gasteiger partial charge is 0.313 e. The molecule has 0 aliphatic rings. The molecule has 0 spiro atoms. The first kappa shape index (κ1) is 15.8. The number of aliphatic carboxylic acids is 1. The van der Waals surface area contributed by atoms with Gasteiger partial charge in [0.15, 0.2) is 5.16 Å². The second kappa shape index (κ2) is 6.46. The number of carbonyl (C=O) groups is 1. The summed E-state index contributed by atoms with van der Waals surface area (Å²) >= 11 is 11.3. The average Bonchev–Trinajstić information content (AvgIpc) is 2.67. The van der Waals surface area contributed by atoms with Crippen LogP contribution in [0, 0.1) is 0 Å². The fourth-order valence-corrected chi connectivity index (χ4v) is 4.74. The number of nitrogen functional groups attached to an aromatic ring is 1. The molecule has 0 aliphatic carbocycles. The molecule has 0 saturated carbocycles. The van der Waals surface area contributed by atoms with Crippen molar-refractivity contribution in [3.63, 3.8) is 0 Å². The first-order valence-electron chi connectivity index (χ1n) is 5.10. The van der Waals surface area contributed by atoms with Crippen LogP contribution in [0.3, 0.4) is 0 Å². The molecule has 6 nitrogen and oxygen atoms in total. The predicted octanol–water partition coefficient (Wildman–Crippen LogP) is 3.31. The SMILES string of the molecule is Nc1nnc(SCC(=O)O)n1-c1c(Br)cc(Br)cc1Br. The Labute approximate surface area is 143 Å². The van der Waals surface area contributed by atoms with E-state index in [2.05, 4.69) is 58.0 Å². The van der Waals surface area contributed by atoms with Crippen LogP contribution in [0.5, 0.6) is 0 Å². The third-order valence-electron chi connectivity index (χ3n) is 2.19. The number of anilines is 1. The molecular weight excluding hydrogens is 480 g/mol. The Morgan fingerprint density at radius 3 is 2.45 bits per heavy atom. The molecule has 1 aromatic heterocycles. The zero-order valence-corrected chi connectivity index (χ0v) is 15.3. The molecule has 0 bridgehead atoms. The third kappa shape index (κ3) is 3.35. The largest absolute Gasteiger partial charge is 0.481 e. The summed E-state index contributed by atoms with van der Waals surface area (Å²) in [7, 11) is 0. The van der Waals surface area contributed by atoms with Gasteiger partial charge in [-0.05, 0) is 44.0 Å². The highest BCUT2D eigenvalue weighted by Crippen LogP contribution is 2.36. The molecule has 0 radical (unpaired) electrons. The molecule has 0 unspecified atom stereocenters. The van der Waals surface area contributed by atoms with E-state index in [4.69, 9.17) is 10.8 Å². The van der Waals surface area contributed by atoms with Crippen molar-refractivity contribution in [1.29, 1.82) is 0 Å². The number of aromatic nitrogens is 3. The van der Waals surface area contributed by atoms with Gasteiger partial charge >= 0.3 is 5.97 Å². The fourth-order valence-electron chi connectivity index (χ4n) is 1.46. The lowest BCUT2D eigenvalue weighted by atomic mass is 10.3. The normalized spacial score (nSPS) is 10.8. The second-order valence-corrected chi connectivity index (χ2v) is 7.14. The Balaban J connectivity index is 2.52. The molecule has 10 heteroatoms. The van der Waals surface area contributed by atoms with Crippen molar-refractivity contribution in [2.45, 2.75) is 5.16 Å². The maximum absolute atomic E-state index is 10.7. The Morgan fingerprint density at radius 2 is 1.90 bits per heavy atom. The number of thioether (sulfide) groups is 1.